The van der Waals surface area contributed by atoms with Crippen molar-refractivity contribution in [1.82, 2.24) is 5.32 Å². The van der Waals surface area contributed by atoms with Gasteiger partial charge in [0.2, 0.25) is 0 Å². The first-order chi connectivity index (χ1) is 9.79. The van der Waals surface area contributed by atoms with E-state index in [1.54, 1.807) is 0 Å². The van der Waals surface area contributed by atoms with Crippen LogP contribution in [0.5, 0.6) is 0 Å². The van der Waals surface area contributed by atoms with E-state index in [0.29, 0.717) is 11.8 Å². The average molecular weight is 299 g/mol. The van der Waals surface area contributed by atoms with Crippen molar-refractivity contribution in [2.75, 3.05) is 0 Å². The van der Waals surface area contributed by atoms with Crippen LogP contribution in [0.15, 0.2) is 24.3 Å². The van der Waals surface area contributed by atoms with Crippen LogP contribution < -0.4 is 5.32 Å². The molecule has 0 unspecified atom stereocenters. The van der Waals surface area contributed by atoms with E-state index in [-0.39, 0.29) is 17.5 Å². The summed E-state index contributed by atoms with van der Waals surface area (Å²) in [5.74, 6) is 0.642. The Labute approximate surface area is 122 Å². The minimum absolute atomic E-state index is 0.101. The summed E-state index contributed by atoms with van der Waals surface area (Å²) in [6.45, 7) is 4.28. The lowest BCUT2D eigenvalue weighted by atomic mass is 9.78. The van der Waals surface area contributed by atoms with Crippen LogP contribution in [-0.2, 0) is 6.18 Å². The molecule has 1 aromatic carbocycles. The lowest BCUT2D eigenvalue weighted by molar-refractivity contribution is -0.137. The third-order valence-corrected chi connectivity index (χ3v) is 4.50. The van der Waals surface area contributed by atoms with Crippen LogP contribution in [0.3, 0.4) is 0 Å². The Hall–Kier alpha value is -1.52. The van der Waals surface area contributed by atoms with Crippen LogP contribution in [0.1, 0.15) is 49.0 Å². The van der Waals surface area contributed by atoms with Crippen molar-refractivity contribution in [3.8, 4) is 0 Å². The first-order valence-electron chi connectivity index (χ1n) is 7.27. The smallest absolute Gasteiger partial charge is 0.349 e. The van der Waals surface area contributed by atoms with Crippen molar-refractivity contribution in [3.05, 3.63) is 35.4 Å². The van der Waals surface area contributed by atoms with Gasteiger partial charge in [-0.3, -0.25) is 4.79 Å². The zero-order valence-corrected chi connectivity index (χ0v) is 12.2. The monoisotopic (exact) mass is 299 g/mol. The number of alkyl halides is 3. The summed E-state index contributed by atoms with van der Waals surface area (Å²) in [5.41, 5.74) is -0.466. The van der Waals surface area contributed by atoms with Gasteiger partial charge in [0.15, 0.2) is 0 Å². The van der Waals surface area contributed by atoms with Gasteiger partial charge in [-0.05, 0) is 42.5 Å². The van der Waals surface area contributed by atoms with Gasteiger partial charge in [-0.2, -0.15) is 13.2 Å². The molecule has 116 valence electrons. The molecule has 0 bridgehead atoms. The first kappa shape index (κ1) is 15.9. The van der Waals surface area contributed by atoms with E-state index in [2.05, 4.69) is 19.2 Å². The molecular formula is C16H20F3NO. The van der Waals surface area contributed by atoms with Gasteiger partial charge >= 0.3 is 6.18 Å². The summed E-state index contributed by atoms with van der Waals surface area (Å²) >= 11 is 0. The molecule has 0 saturated heterocycles. The number of carbonyl (C=O) groups is 1. The highest BCUT2D eigenvalue weighted by Crippen LogP contribution is 2.30. The van der Waals surface area contributed by atoms with Crippen molar-refractivity contribution in [3.63, 3.8) is 0 Å². The SMILES string of the molecule is C[C@H]1[C@@H](NC(=O)c2ccc(C(F)(F)F)cc2)CCC[C@@H]1C. The largest absolute Gasteiger partial charge is 0.416 e. The number of rotatable bonds is 2. The van der Waals surface area contributed by atoms with E-state index < -0.39 is 11.7 Å². The fourth-order valence-electron chi connectivity index (χ4n) is 2.85. The summed E-state index contributed by atoms with van der Waals surface area (Å²) in [6.07, 6.45) is -1.21. The second-order valence-corrected chi connectivity index (χ2v) is 5.92. The number of benzene rings is 1. The van der Waals surface area contributed by atoms with E-state index in [1.807, 2.05) is 0 Å². The lowest BCUT2D eigenvalue weighted by Crippen LogP contribution is -2.43. The Morgan fingerprint density at radius 1 is 1.14 bits per heavy atom. The number of carbonyl (C=O) groups excluding carboxylic acids is 1. The molecular weight excluding hydrogens is 279 g/mol. The molecule has 21 heavy (non-hydrogen) atoms. The quantitative estimate of drug-likeness (QED) is 0.868. The number of halogens is 3. The van der Waals surface area contributed by atoms with Crippen LogP contribution >= 0.6 is 0 Å². The maximum atomic E-state index is 12.5. The standard InChI is InChI=1S/C16H20F3NO/c1-10-4-3-5-14(11(10)2)20-15(21)12-6-8-13(9-7-12)16(17,18)19/h6-11,14H,3-5H2,1-2H3,(H,20,21)/t10-,11+,14-/m0/s1. The fourth-order valence-corrected chi connectivity index (χ4v) is 2.85. The van der Waals surface area contributed by atoms with E-state index in [0.717, 1.165) is 31.4 Å². The molecule has 1 aromatic rings. The molecule has 1 N–H and O–H groups in total. The van der Waals surface area contributed by atoms with Gasteiger partial charge in [0.05, 0.1) is 5.56 Å². The van der Waals surface area contributed by atoms with Gasteiger partial charge in [-0.1, -0.05) is 26.7 Å². The van der Waals surface area contributed by atoms with Crippen LogP contribution in [-0.4, -0.2) is 11.9 Å². The molecule has 0 heterocycles. The van der Waals surface area contributed by atoms with Crippen LogP contribution in [0.2, 0.25) is 0 Å². The molecule has 1 fully saturated rings. The summed E-state index contributed by atoms with van der Waals surface area (Å²) < 4.78 is 37.5. The third-order valence-electron chi connectivity index (χ3n) is 4.50. The highest BCUT2D eigenvalue weighted by Gasteiger charge is 2.31. The Bertz CT molecular complexity index is 495. The third kappa shape index (κ3) is 3.77. The normalized spacial score (nSPS) is 26.4. The van der Waals surface area contributed by atoms with Crippen LogP contribution in [0.25, 0.3) is 0 Å². The number of hydrogen-bond donors (Lipinski definition) is 1. The second kappa shape index (κ2) is 6.08. The predicted molar refractivity (Wildman–Crippen MR) is 74.9 cm³/mol. The molecule has 0 aromatic heterocycles. The van der Waals surface area contributed by atoms with Crippen molar-refractivity contribution in [2.24, 2.45) is 11.8 Å². The van der Waals surface area contributed by atoms with Gasteiger partial charge in [0, 0.05) is 11.6 Å². The Morgan fingerprint density at radius 3 is 2.33 bits per heavy atom. The van der Waals surface area contributed by atoms with E-state index in [9.17, 15) is 18.0 Å². The van der Waals surface area contributed by atoms with Gasteiger partial charge in [0.1, 0.15) is 0 Å². The topological polar surface area (TPSA) is 29.1 Å². The first-order valence-corrected chi connectivity index (χ1v) is 7.27. The van der Waals surface area contributed by atoms with Gasteiger partial charge in [-0.25, -0.2) is 0 Å². The summed E-state index contributed by atoms with van der Waals surface area (Å²) in [4.78, 5) is 12.1. The molecule has 5 heteroatoms. The zero-order valence-electron chi connectivity index (χ0n) is 12.2. The molecule has 0 aliphatic heterocycles. The zero-order chi connectivity index (χ0) is 15.6. The maximum Gasteiger partial charge on any atom is 0.416 e. The van der Waals surface area contributed by atoms with Gasteiger partial charge in [-0.15, -0.1) is 0 Å². The maximum absolute atomic E-state index is 12.5. The van der Waals surface area contributed by atoms with E-state index in [1.165, 1.54) is 12.1 Å². The molecule has 1 amide bonds. The molecule has 2 nitrogen and oxygen atoms in total. The van der Waals surface area contributed by atoms with Crippen molar-refractivity contribution in [1.29, 1.82) is 0 Å². The minimum atomic E-state index is -4.37. The number of amides is 1. The molecule has 1 aliphatic carbocycles. The van der Waals surface area contributed by atoms with Crippen LogP contribution in [0.4, 0.5) is 13.2 Å². The van der Waals surface area contributed by atoms with Crippen molar-refractivity contribution >= 4 is 5.91 Å². The molecule has 2 rings (SSSR count). The van der Waals surface area contributed by atoms with Gasteiger partial charge in [0.25, 0.3) is 5.91 Å². The second-order valence-electron chi connectivity index (χ2n) is 5.92. The Balaban J connectivity index is 2.03. The summed E-state index contributed by atoms with van der Waals surface area (Å²) in [7, 11) is 0. The molecule has 0 radical (unpaired) electrons. The lowest BCUT2D eigenvalue weighted by Gasteiger charge is -2.34. The average Bonchev–Trinajstić information content (AvgIpc) is 2.43. The van der Waals surface area contributed by atoms with E-state index in [4.69, 9.17) is 0 Å². The molecule has 0 spiro atoms. The highest BCUT2D eigenvalue weighted by atomic mass is 19.4. The summed E-state index contributed by atoms with van der Waals surface area (Å²) in [5, 5.41) is 2.95. The summed E-state index contributed by atoms with van der Waals surface area (Å²) in [6, 6.07) is 4.46. The number of nitrogens with one attached hydrogen (secondary N) is 1. The van der Waals surface area contributed by atoms with Crippen LogP contribution in [0, 0.1) is 11.8 Å². The molecule has 1 saturated carbocycles. The molecule has 3 atom stereocenters. The van der Waals surface area contributed by atoms with E-state index >= 15 is 0 Å². The molecule has 1 aliphatic rings. The predicted octanol–water partition coefficient (Wildman–Crippen LogP) is 4.26. The Morgan fingerprint density at radius 2 is 1.76 bits per heavy atom. The number of hydrogen-bond acceptors (Lipinski definition) is 1. The fraction of sp³-hybridized carbons (Fsp3) is 0.562. The van der Waals surface area contributed by atoms with Gasteiger partial charge < -0.3 is 5.32 Å². The highest BCUT2D eigenvalue weighted by molar-refractivity contribution is 5.94. The minimum Gasteiger partial charge on any atom is -0.349 e. The Kier molecular flexibility index (Phi) is 4.59. The van der Waals surface area contributed by atoms with Crippen molar-refractivity contribution in [2.45, 2.75) is 45.3 Å². The van der Waals surface area contributed by atoms with Crippen molar-refractivity contribution < 1.29 is 18.0 Å².